The van der Waals surface area contributed by atoms with Gasteiger partial charge in [0.2, 0.25) is 5.91 Å². The Hall–Kier alpha value is -1.31. The van der Waals surface area contributed by atoms with Crippen molar-refractivity contribution in [2.45, 2.75) is 39.0 Å². The van der Waals surface area contributed by atoms with Crippen molar-refractivity contribution in [2.75, 3.05) is 6.54 Å². The third-order valence-corrected chi connectivity index (χ3v) is 3.54. The number of carbonyl (C=O) groups is 1. The van der Waals surface area contributed by atoms with E-state index in [9.17, 15) is 4.79 Å². The summed E-state index contributed by atoms with van der Waals surface area (Å²) in [5, 5.41) is 3.05. The molecule has 1 N–H and O–H groups in total. The van der Waals surface area contributed by atoms with Gasteiger partial charge in [0.1, 0.15) is 0 Å². The Morgan fingerprint density at radius 1 is 1.41 bits per heavy atom. The van der Waals surface area contributed by atoms with Crippen LogP contribution in [0.1, 0.15) is 43.7 Å². The molecular weight excluding hydrogens is 210 g/mol. The number of aryl methyl sites for hydroxylation is 1. The van der Waals surface area contributed by atoms with Gasteiger partial charge in [-0.05, 0) is 30.4 Å². The lowest BCUT2D eigenvalue weighted by molar-refractivity contribution is -0.124. The minimum atomic E-state index is 0.0776. The number of benzene rings is 1. The summed E-state index contributed by atoms with van der Waals surface area (Å²) in [6.45, 7) is 4.66. The summed E-state index contributed by atoms with van der Waals surface area (Å²) in [5.74, 6) is 0.740. The van der Waals surface area contributed by atoms with Crippen molar-refractivity contribution in [2.24, 2.45) is 5.92 Å². The van der Waals surface area contributed by atoms with E-state index < -0.39 is 0 Å². The van der Waals surface area contributed by atoms with Crippen LogP contribution < -0.4 is 5.32 Å². The Balaban J connectivity index is 2.01. The molecule has 1 aromatic rings. The summed E-state index contributed by atoms with van der Waals surface area (Å²) in [5.41, 5.74) is 2.89. The Morgan fingerprint density at radius 3 is 2.94 bits per heavy atom. The van der Waals surface area contributed by atoms with Gasteiger partial charge in [-0.1, -0.05) is 38.1 Å². The van der Waals surface area contributed by atoms with Crippen LogP contribution >= 0.6 is 0 Å². The average Bonchev–Trinajstić information content (AvgIpc) is 2.35. The highest BCUT2D eigenvalue weighted by atomic mass is 16.1. The fourth-order valence-corrected chi connectivity index (χ4v) is 2.49. The summed E-state index contributed by atoms with van der Waals surface area (Å²) >= 11 is 0. The number of hydrogen-bond donors (Lipinski definition) is 1. The molecule has 1 aliphatic carbocycles. The van der Waals surface area contributed by atoms with Crippen molar-refractivity contribution in [3.05, 3.63) is 35.4 Å². The lowest BCUT2D eigenvalue weighted by atomic mass is 9.83. The normalized spacial score (nSPS) is 18.9. The zero-order valence-corrected chi connectivity index (χ0v) is 10.7. The van der Waals surface area contributed by atoms with Crippen molar-refractivity contribution in [1.29, 1.82) is 0 Å². The molecule has 1 aliphatic rings. The molecule has 1 amide bonds. The maximum atomic E-state index is 11.6. The van der Waals surface area contributed by atoms with E-state index >= 15 is 0 Å². The molecule has 1 aromatic carbocycles. The van der Waals surface area contributed by atoms with E-state index in [1.165, 1.54) is 30.4 Å². The largest absolute Gasteiger partial charge is 0.355 e. The van der Waals surface area contributed by atoms with E-state index in [1.54, 1.807) is 0 Å². The molecule has 1 atom stereocenters. The molecule has 0 heterocycles. The van der Waals surface area contributed by atoms with Gasteiger partial charge in [0.15, 0.2) is 0 Å². The average molecular weight is 231 g/mol. The fourth-order valence-electron chi connectivity index (χ4n) is 2.49. The molecule has 2 rings (SSSR count). The van der Waals surface area contributed by atoms with Crippen LogP contribution in [0, 0.1) is 5.92 Å². The van der Waals surface area contributed by atoms with Gasteiger partial charge in [-0.2, -0.15) is 0 Å². The van der Waals surface area contributed by atoms with Crippen LogP contribution in [-0.4, -0.2) is 12.5 Å². The van der Waals surface area contributed by atoms with Crippen LogP contribution in [0.25, 0.3) is 0 Å². The van der Waals surface area contributed by atoms with Crippen LogP contribution in [0.3, 0.4) is 0 Å². The van der Waals surface area contributed by atoms with Crippen molar-refractivity contribution in [1.82, 2.24) is 5.32 Å². The predicted octanol–water partition coefficient (Wildman–Crippen LogP) is 2.88. The first kappa shape index (κ1) is 12.2. The van der Waals surface area contributed by atoms with Crippen LogP contribution in [0.5, 0.6) is 0 Å². The minimum Gasteiger partial charge on any atom is -0.355 e. The summed E-state index contributed by atoms with van der Waals surface area (Å²) in [6, 6.07) is 8.63. The first-order chi connectivity index (χ1) is 8.18. The molecule has 0 aliphatic heterocycles. The number of rotatable bonds is 3. The van der Waals surface area contributed by atoms with E-state index in [0.29, 0.717) is 5.92 Å². The molecule has 17 heavy (non-hydrogen) atoms. The van der Waals surface area contributed by atoms with Gasteiger partial charge in [0, 0.05) is 18.4 Å². The molecule has 2 nitrogen and oxygen atoms in total. The summed E-state index contributed by atoms with van der Waals surface area (Å²) < 4.78 is 0. The highest BCUT2D eigenvalue weighted by Crippen LogP contribution is 2.30. The van der Waals surface area contributed by atoms with Gasteiger partial charge >= 0.3 is 0 Å². The molecule has 0 aromatic heterocycles. The van der Waals surface area contributed by atoms with Crippen molar-refractivity contribution < 1.29 is 4.79 Å². The smallest absolute Gasteiger partial charge is 0.222 e. The number of hydrogen-bond acceptors (Lipinski definition) is 1. The highest BCUT2D eigenvalue weighted by molar-refractivity contribution is 5.77. The Labute approximate surface area is 103 Å². The van der Waals surface area contributed by atoms with E-state index in [0.717, 1.165) is 6.54 Å². The fraction of sp³-hybridized carbons (Fsp3) is 0.533. The molecule has 0 bridgehead atoms. The summed E-state index contributed by atoms with van der Waals surface area (Å²) in [4.78, 5) is 11.6. The van der Waals surface area contributed by atoms with Gasteiger partial charge in [-0.3, -0.25) is 4.79 Å². The number of carbonyl (C=O) groups excluding carboxylic acids is 1. The van der Waals surface area contributed by atoms with Gasteiger partial charge in [-0.25, -0.2) is 0 Å². The van der Waals surface area contributed by atoms with Crippen molar-refractivity contribution in [3.8, 4) is 0 Å². The maximum Gasteiger partial charge on any atom is 0.222 e. The standard InChI is InChI=1S/C15H21NO/c1-11(2)15(17)16-10-13-8-5-7-12-6-3-4-9-14(12)13/h3-4,6,9,11,13H,5,7-8,10H2,1-2H3,(H,16,17). The minimum absolute atomic E-state index is 0.0776. The van der Waals surface area contributed by atoms with Gasteiger partial charge < -0.3 is 5.32 Å². The lowest BCUT2D eigenvalue weighted by Crippen LogP contribution is -2.32. The van der Waals surface area contributed by atoms with E-state index in [4.69, 9.17) is 0 Å². The van der Waals surface area contributed by atoms with Crippen LogP contribution in [-0.2, 0) is 11.2 Å². The number of amides is 1. The van der Waals surface area contributed by atoms with E-state index in [1.807, 2.05) is 13.8 Å². The molecule has 92 valence electrons. The second kappa shape index (κ2) is 5.35. The lowest BCUT2D eigenvalue weighted by Gasteiger charge is -2.26. The van der Waals surface area contributed by atoms with Crippen LogP contribution in [0.2, 0.25) is 0 Å². The first-order valence-electron chi connectivity index (χ1n) is 6.54. The number of nitrogens with one attached hydrogen (secondary N) is 1. The molecule has 0 saturated heterocycles. The molecule has 0 radical (unpaired) electrons. The zero-order valence-electron chi connectivity index (χ0n) is 10.7. The molecular formula is C15H21NO. The van der Waals surface area contributed by atoms with Gasteiger partial charge in [0.05, 0.1) is 0 Å². The van der Waals surface area contributed by atoms with E-state index in [-0.39, 0.29) is 11.8 Å². The van der Waals surface area contributed by atoms with Crippen LogP contribution in [0.4, 0.5) is 0 Å². The third kappa shape index (κ3) is 2.87. The monoisotopic (exact) mass is 231 g/mol. The van der Waals surface area contributed by atoms with Gasteiger partial charge in [0.25, 0.3) is 0 Å². The van der Waals surface area contributed by atoms with Crippen molar-refractivity contribution in [3.63, 3.8) is 0 Å². The molecule has 1 unspecified atom stereocenters. The SMILES string of the molecule is CC(C)C(=O)NCC1CCCc2ccccc21. The molecule has 0 fully saturated rings. The molecule has 0 saturated carbocycles. The first-order valence-corrected chi connectivity index (χ1v) is 6.54. The van der Waals surface area contributed by atoms with E-state index in [2.05, 4.69) is 29.6 Å². The summed E-state index contributed by atoms with van der Waals surface area (Å²) in [6.07, 6.45) is 3.61. The Bertz CT molecular complexity index is 398. The Kier molecular flexibility index (Phi) is 3.82. The summed E-state index contributed by atoms with van der Waals surface area (Å²) in [7, 11) is 0. The topological polar surface area (TPSA) is 29.1 Å². The second-order valence-corrected chi connectivity index (χ2v) is 5.19. The predicted molar refractivity (Wildman–Crippen MR) is 70.0 cm³/mol. The van der Waals surface area contributed by atoms with Crippen LogP contribution in [0.15, 0.2) is 24.3 Å². The number of fused-ring (bicyclic) bond motifs is 1. The highest BCUT2D eigenvalue weighted by Gasteiger charge is 2.20. The van der Waals surface area contributed by atoms with Gasteiger partial charge in [-0.15, -0.1) is 0 Å². The Morgan fingerprint density at radius 2 is 2.18 bits per heavy atom. The quantitative estimate of drug-likeness (QED) is 0.851. The zero-order chi connectivity index (χ0) is 12.3. The maximum absolute atomic E-state index is 11.6. The van der Waals surface area contributed by atoms with Crippen molar-refractivity contribution >= 4 is 5.91 Å². The molecule has 2 heteroatoms. The molecule has 0 spiro atoms. The second-order valence-electron chi connectivity index (χ2n) is 5.19. The third-order valence-electron chi connectivity index (χ3n) is 3.54.